The fraction of sp³-hybridized carbons (Fsp3) is 0.172. The van der Waals surface area contributed by atoms with Crippen LogP contribution < -0.4 is 10.5 Å². The first kappa shape index (κ1) is 22.1. The standard InChI is InChI=1S/C29H27N3OS/c1-4-32(5-2)24-16-15-22-17-25(28(33-27(22)18-24)30-23-9-7-6-8-10-23)29-31-26(19-34-29)21-13-11-20(3)12-14-21/h6-19H,4-5H2,1-3H3. The second-order valence-corrected chi connectivity index (χ2v) is 9.07. The Labute approximate surface area is 203 Å². The lowest BCUT2D eigenvalue weighted by Crippen LogP contribution is -2.21. The highest BCUT2D eigenvalue weighted by molar-refractivity contribution is 7.13. The quantitative estimate of drug-likeness (QED) is 0.259. The molecule has 170 valence electrons. The molecule has 2 heterocycles. The molecule has 0 fully saturated rings. The minimum atomic E-state index is 0.570. The largest absolute Gasteiger partial charge is 0.438 e. The van der Waals surface area contributed by atoms with Gasteiger partial charge < -0.3 is 9.32 Å². The lowest BCUT2D eigenvalue weighted by atomic mass is 10.1. The Kier molecular flexibility index (Phi) is 6.28. The van der Waals surface area contributed by atoms with Gasteiger partial charge in [0.15, 0.2) is 0 Å². The van der Waals surface area contributed by atoms with Crippen LogP contribution in [0.5, 0.6) is 0 Å². The first-order valence-corrected chi connectivity index (χ1v) is 12.5. The van der Waals surface area contributed by atoms with Crippen LogP contribution >= 0.6 is 11.3 Å². The van der Waals surface area contributed by atoms with Gasteiger partial charge in [0, 0.05) is 41.2 Å². The van der Waals surface area contributed by atoms with Gasteiger partial charge in [-0.1, -0.05) is 48.0 Å². The van der Waals surface area contributed by atoms with Crippen LogP contribution in [0, 0.1) is 6.92 Å². The Morgan fingerprint density at radius 1 is 0.912 bits per heavy atom. The highest BCUT2D eigenvalue weighted by Crippen LogP contribution is 2.30. The summed E-state index contributed by atoms with van der Waals surface area (Å²) in [7, 11) is 0. The predicted octanol–water partition coefficient (Wildman–Crippen LogP) is 7.61. The lowest BCUT2D eigenvalue weighted by Gasteiger charge is -2.21. The Bertz CT molecular complexity index is 1480. The van der Waals surface area contributed by atoms with Gasteiger partial charge in [0.25, 0.3) is 0 Å². The normalized spacial score (nSPS) is 11.8. The van der Waals surface area contributed by atoms with E-state index in [2.05, 4.69) is 79.6 Å². The molecule has 0 amide bonds. The van der Waals surface area contributed by atoms with Gasteiger partial charge in [0.05, 0.1) is 16.9 Å². The van der Waals surface area contributed by atoms with E-state index in [9.17, 15) is 0 Å². The first-order chi connectivity index (χ1) is 16.6. The summed E-state index contributed by atoms with van der Waals surface area (Å²) < 4.78 is 6.44. The molecule has 2 aromatic heterocycles. The molecule has 0 atom stereocenters. The van der Waals surface area contributed by atoms with Crippen molar-refractivity contribution in [3.63, 3.8) is 0 Å². The van der Waals surface area contributed by atoms with Crippen molar-refractivity contribution in [2.45, 2.75) is 20.8 Å². The van der Waals surface area contributed by atoms with Gasteiger partial charge in [-0.05, 0) is 51.1 Å². The molecular weight excluding hydrogens is 438 g/mol. The molecule has 0 bridgehead atoms. The maximum Gasteiger partial charge on any atom is 0.230 e. The molecule has 3 aromatic carbocycles. The van der Waals surface area contributed by atoms with E-state index in [0.29, 0.717) is 5.55 Å². The van der Waals surface area contributed by atoms with Crippen LogP contribution in [0.3, 0.4) is 0 Å². The maximum absolute atomic E-state index is 6.44. The zero-order valence-electron chi connectivity index (χ0n) is 19.7. The van der Waals surface area contributed by atoms with E-state index in [-0.39, 0.29) is 0 Å². The highest BCUT2D eigenvalue weighted by Gasteiger charge is 2.13. The van der Waals surface area contributed by atoms with Gasteiger partial charge in [-0.2, -0.15) is 0 Å². The third-order valence-electron chi connectivity index (χ3n) is 5.93. The van der Waals surface area contributed by atoms with Crippen molar-refractivity contribution in [1.29, 1.82) is 0 Å². The monoisotopic (exact) mass is 465 g/mol. The van der Waals surface area contributed by atoms with Crippen molar-refractivity contribution in [3.05, 3.63) is 95.4 Å². The summed E-state index contributed by atoms with van der Waals surface area (Å²) >= 11 is 1.61. The Morgan fingerprint density at radius 3 is 2.41 bits per heavy atom. The van der Waals surface area contributed by atoms with E-state index in [1.807, 2.05) is 30.3 Å². The topological polar surface area (TPSA) is 41.6 Å². The van der Waals surface area contributed by atoms with Crippen LogP contribution in [0.1, 0.15) is 19.4 Å². The number of hydrogen-bond donors (Lipinski definition) is 0. The molecular formula is C29H27N3OS. The van der Waals surface area contributed by atoms with Crippen LogP contribution in [-0.2, 0) is 0 Å². The summed E-state index contributed by atoms with van der Waals surface area (Å²) in [4.78, 5) is 12.1. The lowest BCUT2D eigenvalue weighted by molar-refractivity contribution is 0.547. The average Bonchev–Trinajstić information content (AvgIpc) is 3.35. The second-order valence-electron chi connectivity index (χ2n) is 8.21. The maximum atomic E-state index is 6.44. The molecule has 4 nitrogen and oxygen atoms in total. The van der Waals surface area contributed by atoms with Gasteiger partial charge in [0.1, 0.15) is 10.6 Å². The number of hydrogen-bond acceptors (Lipinski definition) is 5. The molecule has 34 heavy (non-hydrogen) atoms. The van der Waals surface area contributed by atoms with Crippen molar-refractivity contribution in [2.75, 3.05) is 18.0 Å². The van der Waals surface area contributed by atoms with Crippen LogP contribution in [0.2, 0.25) is 0 Å². The number of benzene rings is 3. The summed E-state index contributed by atoms with van der Waals surface area (Å²) in [6, 6.07) is 26.9. The molecule has 0 aliphatic heterocycles. The summed E-state index contributed by atoms with van der Waals surface area (Å²) in [6.07, 6.45) is 0. The van der Waals surface area contributed by atoms with Crippen LogP contribution in [0.25, 0.3) is 32.8 Å². The number of anilines is 1. The molecule has 0 aliphatic carbocycles. The third-order valence-corrected chi connectivity index (χ3v) is 6.81. The van der Waals surface area contributed by atoms with Crippen molar-refractivity contribution in [1.82, 2.24) is 4.98 Å². The zero-order valence-corrected chi connectivity index (χ0v) is 20.5. The summed E-state index contributed by atoms with van der Waals surface area (Å²) in [5.41, 5.74) is 7.59. The van der Waals surface area contributed by atoms with Gasteiger partial charge in [-0.15, -0.1) is 11.3 Å². The fourth-order valence-electron chi connectivity index (χ4n) is 4.00. The van der Waals surface area contributed by atoms with Crippen molar-refractivity contribution < 1.29 is 4.42 Å². The second kappa shape index (κ2) is 9.65. The number of aryl methyl sites for hydroxylation is 1. The number of thiazole rings is 1. The van der Waals surface area contributed by atoms with Crippen LogP contribution in [0.15, 0.2) is 93.7 Å². The molecule has 0 radical (unpaired) electrons. The molecule has 0 saturated heterocycles. The van der Waals surface area contributed by atoms with E-state index < -0.39 is 0 Å². The Balaban J connectivity index is 1.67. The average molecular weight is 466 g/mol. The summed E-state index contributed by atoms with van der Waals surface area (Å²) in [6.45, 7) is 8.32. The Hall–Kier alpha value is -3.70. The van der Waals surface area contributed by atoms with E-state index >= 15 is 0 Å². The van der Waals surface area contributed by atoms with Gasteiger partial charge in [0.2, 0.25) is 5.55 Å². The summed E-state index contributed by atoms with van der Waals surface area (Å²) in [5.74, 6) is 0. The number of aromatic nitrogens is 1. The van der Waals surface area contributed by atoms with Gasteiger partial charge >= 0.3 is 0 Å². The molecule has 5 heteroatoms. The van der Waals surface area contributed by atoms with Crippen molar-refractivity contribution in [2.24, 2.45) is 4.99 Å². The SMILES string of the molecule is CCN(CC)c1ccc2cc(-c3nc(-c4ccc(C)cc4)cs3)c(=Nc3ccccc3)oc2c1. The fourth-order valence-corrected chi connectivity index (χ4v) is 4.84. The summed E-state index contributed by atoms with van der Waals surface area (Å²) in [5, 5.41) is 4.02. The predicted molar refractivity (Wildman–Crippen MR) is 143 cm³/mol. The number of fused-ring (bicyclic) bond motifs is 1. The third kappa shape index (κ3) is 4.52. The minimum absolute atomic E-state index is 0.570. The van der Waals surface area contributed by atoms with Crippen LogP contribution in [0.4, 0.5) is 11.4 Å². The number of rotatable bonds is 6. The molecule has 0 unspecified atom stereocenters. The number of nitrogens with zero attached hydrogens (tertiary/aromatic N) is 3. The molecule has 0 saturated carbocycles. The number of para-hydroxylation sites is 1. The zero-order chi connectivity index (χ0) is 23.5. The molecule has 0 N–H and O–H groups in total. The Morgan fingerprint density at radius 2 is 1.68 bits per heavy atom. The van der Waals surface area contributed by atoms with Crippen molar-refractivity contribution >= 4 is 33.7 Å². The molecule has 0 aliphatic rings. The van der Waals surface area contributed by atoms with Gasteiger partial charge in [-0.3, -0.25) is 0 Å². The molecule has 0 spiro atoms. The van der Waals surface area contributed by atoms with E-state index in [1.54, 1.807) is 11.3 Å². The van der Waals surface area contributed by atoms with E-state index in [1.165, 1.54) is 5.56 Å². The van der Waals surface area contributed by atoms with E-state index in [4.69, 9.17) is 14.4 Å². The highest BCUT2D eigenvalue weighted by atomic mass is 32.1. The van der Waals surface area contributed by atoms with Crippen molar-refractivity contribution in [3.8, 4) is 21.8 Å². The molecule has 5 aromatic rings. The first-order valence-electron chi connectivity index (χ1n) is 11.6. The molecule has 5 rings (SSSR count). The minimum Gasteiger partial charge on any atom is -0.438 e. The van der Waals surface area contributed by atoms with Crippen LogP contribution in [-0.4, -0.2) is 18.1 Å². The van der Waals surface area contributed by atoms with E-state index in [0.717, 1.165) is 57.3 Å². The smallest absolute Gasteiger partial charge is 0.230 e. The van der Waals surface area contributed by atoms with Gasteiger partial charge in [-0.25, -0.2) is 9.98 Å².